The third kappa shape index (κ3) is 5.52. The summed E-state index contributed by atoms with van der Waals surface area (Å²) >= 11 is 0. The molecule has 1 saturated heterocycles. The normalized spacial score (nSPS) is 17.4. The lowest BCUT2D eigenvalue weighted by atomic mass is 10.0. The molecule has 0 radical (unpaired) electrons. The number of amides is 1. The molecule has 0 saturated carbocycles. The molecule has 1 rings (SSSR count). The average Bonchev–Trinajstić information content (AvgIpc) is 2.36. The minimum atomic E-state index is 0.190. The van der Waals surface area contributed by atoms with Gasteiger partial charge in [-0.2, -0.15) is 0 Å². The van der Waals surface area contributed by atoms with Crippen LogP contribution in [0, 0.1) is 12.3 Å². The van der Waals surface area contributed by atoms with Crippen molar-refractivity contribution in [3.05, 3.63) is 0 Å². The van der Waals surface area contributed by atoms with Crippen LogP contribution in [-0.2, 0) is 4.79 Å². The van der Waals surface area contributed by atoms with Gasteiger partial charge in [-0.05, 0) is 25.8 Å². The average molecular weight is 251 g/mol. The zero-order chi connectivity index (χ0) is 13.4. The third-order valence-electron chi connectivity index (χ3n) is 3.38. The van der Waals surface area contributed by atoms with Crippen LogP contribution in [-0.4, -0.2) is 62.0 Å². The summed E-state index contributed by atoms with van der Waals surface area (Å²) in [4.78, 5) is 15.5. The zero-order valence-corrected chi connectivity index (χ0v) is 11.6. The van der Waals surface area contributed by atoms with Crippen molar-refractivity contribution in [2.75, 3.05) is 40.3 Å². The summed E-state index contributed by atoms with van der Waals surface area (Å²) in [5.74, 6) is 2.84. The fourth-order valence-electron chi connectivity index (χ4n) is 2.12. The van der Waals surface area contributed by atoms with Crippen LogP contribution in [0.5, 0.6) is 0 Å². The molecule has 0 bridgehead atoms. The SMILES string of the molecule is C#CCCCNC1CCN(CC(=O)N(C)C)CC1. The Hall–Kier alpha value is -1.05. The topological polar surface area (TPSA) is 35.6 Å². The van der Waals surface area contributed by atoms with Gasteiger partial charge in [0.1, 0.15) is 0 Å². The van der Waals surface area contributed by atoms with Crippen molar-refractivity contribution in [3.63, 3.8) is 0 Å². The summed E-state index contributed by atoms with van der Waals surface area (Å²) < 4.78 is 0. The lowest BCUT2D eigenvalue weighted by Crippen LogP contribution is -2.46. The fraction of sp³-hybridized carbons (Fsp3) is 0.786. The second-order valence-electron chi connectivity index (χ2n) is 5.10. The lowest BCUT2D eigenvalue weighted by Gasteiger charge is -2.32. The number of carbonyl (C=O) groups is 1. The molecule has 1 aliphatic heterocycles. The molecule has 1 heterocycles. The molecular weight excluding hydrogens is 226 g/mol. The second kappa shape index (κ2) is 8.12. The van der Waals surface area contributed by atoms with Crippen molar-refractivity contribution in [2.24, 2.45) is 0 Å². The van der Waals surface area contributed by atoms with Crippen LogP contribution in [0.1, 0.15) is 25.7 Å². The van der Waals surface area contributed by atoms with Gasteiger partial charge >= 0.3 is 0 Å². The van der Waals surface area contributed by atoms with E-state index >= 15 is 0 Å². The quantitative estimate of drug-likeness (QED) is 0.553. The first kappa shape index (κ1) is 15.0. The van der Waals surface area contributed by atoms with Crippen LogP contribution in [0.15, 0.2) is 0 Å². The van der Waals surface area contributed by atoms with Crippen LogP contribution in [0.25, 0.3) is 0 Å². The Morgan fingerprint density at radius 3 is 2.67 bits per heavy atom. The molecule has 0 aliphatic carbocycles. The number of hydrogen-bond acceptors (Lipinski definition) is 3. The summed E-state index contributed by atoms with van der Waals surface area (Å²) in [7, 11) is 3.62. The molecule has 4 heteroatoms. The maximum absolute atomic E-state index is 11.6. The fourth-order valence-corrected chi connectivity index (χ4v) is 2.12. The third-order valence-corrected chi connectivity index (χ3v) is 3.38. The smallest absolute Gasteiger partial charge is 0.236 e. The summed E-state index contributed by atoms with van der Waals surface area (Å²) in [6.07, 6.45) is 9.36. The standard InChI is InChI=1S/C14H25N3O/c1-4-5-6-9-15-13-7-10-17(11-8-13)12-14(18)16(2)3/h1,13,15H,5-12H2,2-3H3. The van der Waals surface area contributed by atoms with E-state index in [-0.39, 0.29) is 5.91 Å². The summed E-state index contributed by atoms with van der Waals surface area (Å²) in [5, 5.41) is 3.54. The Morgan fingerprint density at radius 1 is 1.44 bits per heavy atom. The molecule has 0 aromatic rings. The van der Waals surface area contributed by atoms with Crippen LogP contribution >= 0.6 is 0 Å². The number of nitrogens with one attached hydrogen (secondary N) is 1. The van der Waals surface area contributed by atoms with E-state index in [1.165, 1.54) is 0 Å². The number of rotatable bonds is 6. The van der Waals surface area contributed by atoms with Gasteiger partial charge in [-0.1, -0.05) is 0 Å². The number of nitrogens with zero attached hydrogens (tertiary/aromatic N) is 2. The van der Waals surface area contributed by atoms with Gasteiger partial charge in [0.05, 0.1) is 6.54 Å². The van der Waals surface area contributed by atoms with E-state index in [4.69, 9.17) is 6.42 Å². The van der Waals surface area contributed by atoms with Crippen molar-refractivity contribution in [2.45, 2.75) is 31.7 Å². The Balaban J connectivity index is 2.13. The van der Waals surface area contributed by atoms with Gasteiger partial charge in [-0.15, -0.1) is 12.3 Å². The largest absolute Gasteiger partial charge is 0.348 e. The summed E-state index contributed by atoms with van der Waals surface area (Å²) in [6, 6.07) is 0.591. The van der Waals surface area contributed by atoms with E-state index in [0.29, 0.717) is 12.6 Å². The molecule has 102 valence electrons. The lowest BCUT2D eigenvalue weighted by molar-refractivity contribution is -0.130. The number of likely N-dealkylation sites (tertiary alicyclic amines) is 1. The summed E-state index contributed by atoms with van der Waals surface area (Å²) in [5.41, 5.74) is 0. The minimum Gasteiger partial charge on any atom is -0.348 e. The maximum atomic E-state index is 11.6. The highest BCUT2D eigenvalue weighted by Crippen LogP contribution is 2.10. The first-order valence-corrected chi connectivity index (χ1v) is 6.73. The molecule has 1 fully saturated rings. The van der Waals surface area contributed by atoms with Crippen LogP contribution in [0.4, 0.5) is 0 Å². The predicted molar refractivity (Wildman–Crippen MR) is 74.2 cm³/mol. The first-order chi connectivity index (χ1) is 8.63. The number of unbranched alkanes of at least 4 members (excludes halogenated alkanes) is 1. The molecule has 0 aromatic carbocycles. The molecule has 18 heavy (non-hydrogen) atoms. The van der Waals surface area contributed by atoms with E-state index in [0.717, 1.165) is 45.3 Å². The maximum Gasteiger partial charge on any atom is 0.236 e. The molecule has 1 N–H and O–H groups in total. The Bertz CT molecular complexity index is 288. The molecule has 0 atom stereocenters. The van der Waals surface area contributed by atoms with E-state index in [1.807, 2.05) is 14.1 Å². The molecule has 1 amide bonds. The summed E-state index contributed by atoms with van der Waals surface area (Å²) in [6.45, 7) is 3.57. The van der Waals surface area contributed by atoms with Gasteiger partial charge in [0, 0.05) is 39.6 Å². The first-order valence-electron chi connectivity index (χ1n) is 6.73. The van der Waals surface area contributed by atoms with Gasteiger partial charge in [-0.25, -0.2) is 0 Å². The minimum absolute atomic E-state index is 0.190. The highest BCUT2D eigenvalue weighted by Gasteiger charge is 2.20. The number of hydrogen-bond donors (Lipinski definition) is 1. The molecule has 0 aromatic heterocycles. The number of carbonyl (C=O) groups excluding carboxylic acids is 1. The number of terminal acetylenes is 1. The highest BCUT2D eigenvalue weighted by molar-refractivity contribution is 5.77. The van der Waals surface area contributed by atoms with Gasteiger partial charge in [0.2, 0.25) is 5.91 Å². The molecular formula is C14H25N3O. The van der Waals surface area contributed by atoms with Crippen molar-refractivity contribution in [3.8, 4) is 12.3 Å². The van der Waals surface area contributed by atoms with E-state index in [2.05, 4.69) is 16.1 Å². The Morgan fingerprint density at radius 2 is 2.11 bits per heavy atom. The van der Waals surface area contributed by atoms with E-state index in [9.17, 15) is 4.79 Å². The van der Waals surface area contributed by atoms with Gasteiger partial charge in [0.15, 0.2) is 0 Å². The van der Waals surface area contributed by atoms with Crippen molar-refractivity contribution in [1.82, 2.24) is 15.1 Å². The highest BCUT2D eigenvalue weighted by atomic mass is 16.2. The molecule has 4 nitrogen and oxygen atoms in total. The zero-order valence-electron chi connectivity index (χ0n) is 11.6. The van der Waals surface area contributed by atoms with E-state index < -0.39 is 0 Å². The van der Waals surface area contributed by atoms with Crippen LogP contribution < -0.4 is 5.32 Å². The van der Waals surface area contributed by atoms with Crippen molar-refractivity contribution >= 4 is 5.91 Å². The van der Waals surface area contributed by atoms with Crippen LogP contribution in [0.2, 0.25) is 0 Å². The van der Waals surface area contributed by atoms with E-state index in [1.54, 1.807) is 4.90 Å². The van der Waals surface area contributed by atoms with Gasteiger partial charge in [-0.3, -0.25) is 9.69 Å². The van der Waals surface area contributed by atoms with Crippen molar-refractivity contribution < 1.29 is 4.79 Å². The Labute approximate surface area is 111 Å². The molecule has 0 spiro atoms. The number of likely N-dealkylation sites (N-methyl/N-ethyl adjacent to an activating group) is 1. The van der Waals surface area contributed by atoms with Crippen molar-refractivity contribution in [1.29, 1.82) is 0 Å². The molecule has 1 aliphatic rings. The van der Waals surface area contributed by atoms with Crippen LogP contribution in [0.3, 0.4) is 0 Å². The van der Waals surface area contributed by atoms with Gasteiger partial charge < -0.3 is 10.2 Å². The molecule has 0 unspecified atom stereocenters. The monoisotopic (exact) mass is 251 g/mol. The van der Waals surface area contributed by atoms with Gasteiger partial charge in [0.25, 0.3) is 0 Å². The number of piperidine rings is 1. The second-order valence-corrected chi connectivity index (χ2v) is 5.10. The Kier molecular flexibility index (Phi) is 6.77. The predicted octanol–water partition coefficient (Wildman–Crippen LogP) is 0.542.